The maximum Gasteiger partial charge on any atom is 0.326 e. The highest BCUT2D eigenvalue weighted by atomic mass is 16.4. The summed E-state index contributed by atoms with van der Waals surface area (Å²) in [5, 5.41) is 16.4. The number of aromatic amines is 1. The molecule has 0 fully saturated rings. The number of amides is 5. The standard InChI is InChI=1S/C21H34N8O7/c1-10(2)5-14(19(33)27-13(21(35)36)3-4-16(23)30)29-20(34)15(7-17(24)31)28-18(32)12(22)6-11-8-25-9-26-11/h8-10,12-15H,3-7,22H2,1-2H3,(H2,23,30)(H2,24,31)(H,25,26)(H,27,33)(H,28,32)(H,29,34)(H,35,36). The Balaban J connectivity index is 2.95. The lowest BCUT2D eigenvalue weighted by Gasteiger charge is -2.25. The molecular weight excluding hydrogens is 476 g/mol. The molecule has 0 bridgehead atoms. The number of nitrogens with two attached hydrogens (primary N) is 3. The number of imidazole rings is 1. The Morgan fingerprint density at radius 2 is 1.53 bits per heavy atom. The molecule has 0 aliphatic carbocycles. The summed E-state index contributed by atoms with van der Waals surface area (Å²) in [6.45, 7) is 3.54. The zero-order valence-electron chi connectivity index (χ0n) is 20.2. The van der Waals surface area contributed by atoms with Crippen LogP contribution in [0.4, 0.5) is 0 Å². The summed E-state index contributed by atoms with van der Waals surface area (Å²) in [5.74, 6) is -5.58. The molecule has 1 aromatic rings. The second-order valence-electron chi connectivity index (χ2n) is 8.71. The summed E-state index contributed by atoms with van der Waals surface area (Å²) >= 11 is 0. The average molecular weight is 511 g/mol. The molecule has 0 aromatic carbocycles. The van der Waals surface area contributed by atoms with Gasteiger partial charge < -0.3 is 43.2 Å². The van der Waals surface area contributed by atoms with E-state index in [4.69, 9.17) is 17.2 Å². The van der Waals surface area contributed by atoms with E-state index in [1.165, 1.54) is 12.5 Å². The van der Waals surface area contributed by atoms with Crippen molar-refractivity contribution in [1.29, 1.82) is 0 Å². The quantitative estimate of drug-likeness (QED) is 0.112. The number of hydrogen-bond acceptors (Lipinski definition) is 8. The number of carbonyl (C=O) groups excluding carboxylic acids is 5. The number of aromatic nitrogens is 2. The highest BCUT2D eigenvalue weighted by molar-refractivity contribution is 5.96. The molecule has 1 heterocycles. The van der Waals surface area contributed by atoms with E-state index in [1.807, 2.05) is 0 Å². The van der Waals surface area contributed by atoms with Crippen molar-refractivity contribution in [2.24, 2.45) is 23.1 Å². The summed E-state index contributed by atoms with van der Waals surface area (Å²) in [5.41, 5.74) is 16.7. The number of rotatable bonds is 16. The summed E-state index contributed by atoms with van der Waals surface area (Å²) in [4.78, 5) is 78.9. The van der Waals surface area contributed by atoms with Crippen LogP contribution >= 0.6 is 0 Å². The Bertz CT molecular complexity index is 935. The molecule has 200 valence electrons. The van der Waals surface area contributed by atoms with Gasteiger partial charge in [-0.2, -0.15) is 0 Å². The highest BCUT2D eigenvalue weighted by Crippen LogP contribution is 2.08. The van der Waals surface area contributed by atoms with Crippen molar-refractivity contribution in [3.05, 3.63) is 18.2 Å². The van der Waals surface area contributed by atoms with Crippen LogP contribution < -0.4 is 33.2 Å². The number of carbonyl (C=O) groups is 6. The van der Waals surface area contributed by atoms with Gasteiger partial charge in [-0.1, -0.05) is 13.8 Å². The van der Waals surface area contributed by atoms with Gasteiger partial charge in [-0.3, -0.25) is 24.0 Å². The lowest BCUT2D eigenvalue weighted by atomic mass is 10.0. The smallest absolute Gasteiger partial charge is 0.326 e. The average Bonchev–Trinajstić information content (AvgIpc) is 3.27. The van der Waals surface area contributed by atoms with Gasteiger partial charge in [-0.05, 0) is 18.8 Å². The largest absolute Gasteiger partial charge is 0.480 e. The first-order valence-electron chi connectivity index (χ1n) is 11.2. The van der Waals surface area contributed by atoms with Crippen LogP contribution in [0.1, 0.15) is 45.2 Å². The number of H-pyrrole nitrogens is 1. The minimum absolute atomic E-state index is 0.0804. The summed E-state index contributed by atoms with van der Waals surface area (Å²) < 4.78 is 0. The van der Waals surface area contributed by atoms with Crippen LogP contribution in [0.25, 0.3) is 0 Å². The number of aliphatic carboxylic acids is 1. The van der Waals surface area contributed by atoms with Crippen molar-refractivity contribution in [3.63, 3.8) is 0 Å². The normalized spacial score (nSPS) is 14.2. The van der Waals surface area contributed by atoms with Crippen LogP contribution in [-0.2, 0) is 35.2 Å². The van der Waals surface area contributed by atoms with E-state index >= 15 is 0 Å². The first kappa shape index (κ1) is 30.0. The van der Waals surface area contributed by atoms with Crippen LogP contribution in [0.15, 0.2) is 12.5 Å². The molecule has 5 amide bonds. The predicted octanol–water partition coefficient (Wildman–Crippen LogP) is -2.99. The SMILES string of the molecule is CC(C)CC(NC(=O)C(CC(N)=O)NC(=O)C(N)Cc1cnc[nH]1)C(=O)NC(CCC(N)=O)C(=O)O. The van der Waals surface area contributed by atoms with Gasteiger partial charge in [-0.15, -0.1) is 0 Å². The fourth-order valence-corrected chi connectivity index (χ4v) is 3.21. The predicted molar refractivity (Wildman–Crippen MR) is 125 cm³/mol. The van der Waals surface area contributed by atoms with E-state index in [1.54, 1.807) is 13.8 Å². The number of nitrogens with zero attached hydrogens (tertiary/aromatic N) is 1. The third kappa shape index (κ3) is 10.9. The molecule has 0 saturated carbocycles. The zero-order valence-corrected chi connectivity index (χ0v) is 20.2. The van der Waals surface area contributed by atoms with Crippen LogP contribution in [-0.4, -0.2) is 74.7 Å². The molecule has 11 N–H and O–H groups in total. The fourth-order valence-electron chi connectivity index (χ4n) is 3.21. The molecule has 36 heavy (non-hydrogen) atoms. The van der Waals surface area contributed by atoms with Crippen molar-refractivity contribution in [3.8, 4) is 0 Å². The minimum Gasteiger partial charge on any atom is -0.480 e. The molecule has 0 aliphatic rings. The van der Waals surface area contributed by atoms with Crippen molar-refractivity contribution in [1.82, 2.24) is 25.9 Å². The van der Waals surface area contributed by atoms with Crippen LogP contribution in [0.5, 0.6) is 0 Å². The lowest BCUT2D eigenvalue weighted by molar-refractivity contribution is -0.143. The Kier molecular flexibility index (Phi) is 12.0. The molecule has 0 spiro atoms. The number of nitrogens with one attached hydrogen (secondary N) is 4. The molecule has 1 aromatic heterocycles. The van der Waals surface area contributed by atoms with Crippen molar-refractivity contribution in [2.75, 3.05) is 0 Å². The van der Waals surface area contributed by atoms with E-state index in [9.17, 15) is 33.9 Å². The second kappa shape index (κ2) is 14.4. The number of primary amides is 2. The monoisotopic (exact) mass is 510 g/mol. The van der Waals surface area contributed by atoms with Gasteiger partial charge in [0.1, 0.15) is 18.1 Å². The Hall–Kier alpha value is -4.01. The molecule has 15 heteroatoms. The summed E-state index contributed by atoms with van der Waals surface area (Å²) in [7, 11) is 0. The molecule has 1 rings (SSSR count). The minimum atomic E-state index is -1.43. The first-order valence-corrected chi connectivity index (χ1v) is 11.2. The van der Waals surface area contributed by atoms with E-state index < -0.39 is 66.1 Å². The van der Waals surface area contributed by atoms with Gasteiger partial charge in [-0.25, -0.2) is 9.78 Å². The van der Waals surface area contributed by atoms with Crippen molar-refractivity contribution >= 4 is 35.5 Å². The molecular formula is C21H34N8O7. The highest BCUT2D eigenvalue weighted by Gasteiger charge is 2.31. The van der Waals surface area contributed by atoms with Gasteiger partial charge in [0.15, 0.2) is 0 Å². The van der Waals surface area contributed by atoms with Crippen LogP contribution in [0, 0.1) is 5.92 Å². The summed E-state index contributed by atoms with van der Waals surface area (Å²) in [6.07, 6.45) is 1.99. The van der Waals surface area contributed by atoms with Gasteiger partial charge in [0.25, 0.3) is 0 Å². The lowest BCUT2D eigenvalue weighted by Crippen LogP contribution is -2.58. The van der Waals surface area contributed by atoms with E-state index in [0.717, 1.165) is 0 Å². The maximum absolute atomic E-state index is 12.9. The van der Waals surface area contributed by atoms with Crippen molar-refractivity contribution in [2.45, 2.75) is 70.1 Å². The molecule has 0 saturated heterocycles. The van der Waals surface area contributed by atoms with Crippen LogP contribution in [0.3, 0.4) is 0 Å². The van der Waals surface area contributed by atoms with Gasteiger partial charge in [0.2, 0.25) is 29.5 Å². The third-order valence-corrected chi connectivity index (χ3v) is 5.00. The third-order valence-electron chi connectivity index (χ3n) is 5.00. The summed E-state index contributed by atoms with van der Waals surface area (Å²) in [6, 6.07) is -5.14. The Labute approximate surface area is 207 Å². The number of carboxylic acids is 1. The Morgan fingerprint density at radius 3 is 2.03 bits per heavy atom. The van der Waals surface area contributed by atoms with E-state index in [-0.39, 0.29) is 31.6 Å². The zero-order chi connectivity index (χ0) is 27.4. The maximum atomic E-state index is 12.9. The molecule has 4 atom stereocenters. The fraction of sp³-hybridized carbons (Fsp3) is 0.571. The molecule has 15 nitrogen and oxygen atoms in total. The van der Waals surface area contributed by atoms with Crippen molar-refractivity contribution < 1.29 is 33.9 Å². The van der Waals surface area contributed by atoms with Gasteiger partial charge in [0.05, 0.1) is 18.8 Å². The molecule has 0 radical (unpaired) electrons. The van der Waals surface area contributed by atoms with E-state index in [2.05, 4.69) is 25.9 Å². The second-order valence-corrected chi connectivity index (χ2v) is 8.71. The van der Waals surface area contributed by atoms with Crippen LogP contribution in [0.2, 0.25) is 0 Å². The first-order chi connectivity index (χ1) is 16.8. The molecule has 0 aliphatic heterocycles. The molecule has 4 unspecified atom stereocenters. The van der Waals surface area contributed by atoms with Gasteiger partial charge >= 0.3 is 5.97 Å². The van der Waals surface area contributed by atoms with Gasteiger partial charge in [0, 0.05) is 24.7 Å². The topological polar surface area (TPSA) is 265 Å². The number of hydrogen-bond donors (Lipinski definition) is 8. The Morgan fingerprint density at radius 1 is 0.944 bits per heavy atom. The number of carboxylic acid groups (broad SMARTS) is 1. The van der Waals surface area contributed by atoms with E-state index in [0.29, 0.717) is 5.69 Å².